The molecule has 2 aliphatic rings. The Hall–Kier alpha value is -1.95. The Kier molecular flexibility index (Phi) is 6.93. The van der Waals surface area contributed by atoms with E-state index in [0.29, 0.717) is 0 Å². The lowest BCUT2D eigenvalue weighted by Crippen LogP contribution is -2.44. The molecule has 6 nitrogen and oxygen atoms in total. The molecule has 3 rings (SSSR count). The molecule has 1 aromatic rings. The zero-order chi connectivity index (χ0) is 21.0. The first kappa shape index (κ1) is 21.8. The fourth-order valence-electron chi connectivity index (χ4n) is 4.23. The number of ether oxygens (including phenoxy) is 1. The Morgan fingerprint density at radius 1 is 1.14 bits per heavy atom. The molecular formula is C23H38N4O2. The van der Waals surface area contributed by atoms with Crippen molar-refractivity contribution >= 4 is 17.5 Å². The molecule has 29 heavy (non-hydrogen) atoms. The minimum absolute atomic E-state index is 0.177. The molecule has 0 saturated carbocycles. The Morgan fingerprint density at radius 2 is 1.79 bits per heavy atom. The number of likely N-dealkylation sites (tertiary alicyclic amines) is 1. The predicted octanol–water partition coefficient (Wildman–Crippen LogP) is 4.03. The van der Waals surface area contributed by atoms with Crippen LogP contribution in [0.1, 0.15) is 47.0 Å². The molecule has 1 aromatic carbocycles. The summed E-state index contributed by atoms with van der Waals surface area (Å²) >= 11 is 0. The van der Waals surface area contributed by atoms with Crippen LogP contribution in [0, 0.1) is 0 Å². The lowest BCUT2D eigenvalue weighted by Gasteiger charge is -2.34. The first-order valence-electron chi connectivity index (χ1n) is 11.0. The Morgan fingerprint density at radius 3 is 2.41 bits per heavy atom. The molecule has 0 spiro atoms. The van der Waals surface area contributed by atoms with Gasteiger partial charge < -0.3 is 24.8 Å². The molecule has 1 amide bonds. The van der Waals surface area contributed by atoms with Gasteiger partial charge in [-0.15, -0.1) is 0 Å². The molecule has 2 aliphatic heterocycles. The fraction of sp³-hybridized carbons (Fsp3) is 0.696. The third kappa shape index (κ3) is 6.26. The van der Waals surface area contributed by atoms with Gasteiger partial charge in [-0.3, -0.25) is 0 Å². The highest BCUT2D eigenvalue weighted by Gasteiger charge is 2.32. The summed E-state index contributed by atoms with van der Waals surface area (Å²) in [5.74, 6) is 0. The minimum atomic E-state index is -0.445. The average Bonchev–Trinajstić information content (AvgIpc) is 3.10. The Bertz CT molecular complexity index is 662. The van der Waals surface area contributed by atoms with Gasteiger partial charge in [0.05, 0.1) is 0 Å². The summed E-state index contributed by atoms with van der Waals surface area (Å²) in [5.41, 5.74) is 1.99. The highest BCUT2D eigenvalue weighted by Crippen LogP contribution is 2.26. The summed E-state index contributed by atoms with van der Waals surface area (Å²) in [4.78, 5) is 19.2. The van der Waals surface area contributed by atoms with Crippen molar-refractivity contribution in [2.24, 2.45) is 0 Å². The van der Waals surface area contributed by atoms with Crippen LogP contribution in [0.15, 0.2) is 24.3 Å². The van der Waals surface area contributed by atoms with Gasteiger partial charge >= 0.3 is 6.09 Å². The molecule has 6 heteroatoms. The van der Waals surface area contributed by atoms with Gasteiger partial charge in [0.2, 0.25) is 0 Å². The van der Waals surface area contributed by atoms with E-state index >= 15 is 0 Å². The van der Waals surface area contributed by atoms with E-state index in [4.69, 9.17) is 4.74 Å². The zero-order valence-corrected chi connectivity index (χ0v) is 18.8. The molecule has 0 aromatic heterocycles. The molecule has 162 valence electrons. The fourth-order valence-corrected chi connectivity index (χ4v) is 4.23. The van der Waals surface area contributed by atoms with Gasteiger partial charge in [-0.2, -0.15) is 0 Å². The van der Waals surface area contributed by atoms with Gasteiger partial charge in [-0.05, 0) is 78.3 Å². The van der Waals surface area contributed by atoms with E-state index in [-0.39, 0.29) is 18.2 Å². The lowest BCUT2D eigenvalue weighted by atomic mass is 10.1. The van der Waals surface area contributed by atoms with Crippen LogP contribution in [0.2, 0.25) is 0 Å². The van der Waals surface area contributed by atoms with E-state index in [1.54, 1.807) is 0 Å². The summed E-state index contributed by atoms with van der Waals surface area (Å²) in [6, 6.07) is 9.30. The number of nitrogens with zero attached hydrogens (tertiary/aromatic N) is 3. The summed E-state index contributed by atoms with van der Waals surface area (Å²) in [7, 11) is 2.18. The molecule has 0 bridgehead atoms. The van der Waals surface area contributed by atoms with Crippen LogP contribution in [0.4, 0.5) is 16.2 Å². The highest BCUT2D eigenvalue weighted by atomic mass is 16.6. The smallest absolute Gasteiger partial charge is 0.410 e. The van der Waals surface area contributed by atoms with Crippen LogP contribution in [-0.2, 0) is 4.74 Å². The molecule has 0 radical (unpaired) electrons. The molecule has 2 heterocycles. The first-order chi connectivity index (χ1) is 13.7. The van der Waals surface area contributed by atoms with Crippen LogP contribution in [0.5, 0.6) is 0 Å². The maximum Gasteiger partial charge on any atom is 0.410 e. The van der Waals surface area contributed by atoms with Crippen molar-refractivity contribution < 1.29 is 9.53 Å². The van der Waals surface area contributed by atoms with Crippen LogP contribution in [0.25, 0.3) is 0 Å². The van der Waals surface area contributed by atoms with E-state index in [1.165, 1.54) is 5.69 Å². The summed E-state index contributed by atoms with van der Waals surface area (Å²) in [6.45, 7) is 13.2. The number of hydrogen-bond donors (Lipinski definition) is 1. The second-order valence-corrected chi connectivity index (χ2v) is 9.59. The predicted molar refractivity (Wildman–Crippen MR) is 120 cm³/mol. The number of piperazine rings is 1. The number of rotatable bonds is 5. The quantitative estimate of drug-likeness (QED) is 0.806. The Labute approximate surface area is 176 Å². The third-order valence-electron chi connectivity index (χ3n) is 5.78. The first-order valence-corrected chi connectivity index (χ1v) is 11.0. The van der Waals surface area contributed by atoms with Crippen molar-refractivity contribution in [1.82, 2.24) is 9.80 Å². The third-order valence-corrected chi connectivity index (χ3v) is 5.78. The van der Waals surface area contributed by atoms with E-state index in [0.717, 1.165) is 57.7 Å². The largest absolute Gasteiger partial charge is 0.444 e. The topological polar surface area (TPSA) is 48.1 Å². The SMILES string of the molecule is CC(CC1CCCN1C(=O)OC(C)(C)C)Nc1ccc(N2CCN(C)CC2)cc1. The molecule has 2 fully saturated rings. The lowest BCUT2D eigenvalue weighted by molar-refractivity contribution is 0.0218. The Balaban J connectivity index is 1.51. The van der Waals surface area contributed by atoms with E-state index < -0.39 is 5.60 Å². The molecule has 2 saturated heterocycles. The van der Waals surface area contributed by atoms with Crippen LogP contribution in [-0.4, -0.2) is 73.3 Å². The number of carbonyl (C=O) groups excluding carboxylic acids is 1. The van der Waals surface area contributed by atoms with Crippen molar-refractivity contribution in [3.05, 3.63) is 24.3 Å². The number of likely N-dealkylation sites (N-methyl/N-ethyl adjacent to an activating group) is 1. The van der Waals surface area contributed by atoms with Gasteiger partial charge in [-0.25, -0.2) is 4.79 Å². The number of carbonyl (C=O) groups is 1. The minimum Gasteiger partial charge on any atom is -0.444 e. The van der Waals surface area contributed by atoms with Gasteiger partial charge in [-0.1, -0.05) is 0 Å². The maximum absolute atomic E-state index is 12.5. The van der Waals surface area contributed by atoms with Gasteiger partial charge in [0.1, 0.15) is 5.60 Å². The van der Waals surface area contributed by atoms with Crippen molar-refractivity contribution in [3.8, 4) is 0 Å². The molecule has 2 unspecified atom stereocenters. The van der Waals surface area contributed by atoms with Crippen molar-refractivity contribution in [2.75, 3.05) is 50.0 Å². The second-order valence-electron chi connectivity index (χ2n) is 9.59. The van der Waals surface area contributed by atoms with Crippen LogP contribution >= 0.6 is 0 Å². The van der Waals surface area contributed by atoms with Gasteiger partial charge in [0, 0.05) is 56.2 Å². The number of anilines is 2. The number of amides is 1. The van der Waals surface area contributed by atoms with Gasteiger partial charge in [0.15, 0.2) is 0 Å². The van der Waals surface area contributed by atoms with E-state index in [2.05, 4.69) is 53.4 Å². The molecule has 2 atom stereocenters. The highest BCUT2D eigenvalue weighted by molar-refractivity contribution is 5.69. The van der Waals surface area contributed by atoms with Crippen LogP contribution < -0.4 is 10.2 Å². The van der Waals surface area contributed by atoms with E-state index in [9.17, 15) is 4.79 Å². The van der Waals surface area contributed by atoms with Crippen molar-refractivity contribution in [1.29, 1.82) is 0 Å². The zero-order valence-electron chi connectivity index (χ0n) is 18.8. The van der Waals surface area contributed by atoms with E-state index in [1.807, 2.05) is 25.7 Å². The molecule has 1 N–H and O–H groups in total. The molecular weight excluding hydrogens is 364 g/mol. The normalized spacial score (nSPS) is 21.9. The second kappa shape index (κ2) is 9.24. The van der Waals surface area contributed by atoms with Gasteiger partial charge in [0.25, 0.3) is 0 Å². The number of hydrogen-bond acceptors (Lipinski definition) is 5. The standard InChI is InChI=1S/C23H38N4O2/c1-18(17-21-7-6-12-27(21)22(28)29-23(2,3)4)24-19-8-10-20(11-9-19)26-15-13-25(5)14-16-26/h8-11,18,21,24H,6-7,12-17H2,1-5H3. The monoisotopic (exact) mass is 402 g/mol. The number of nitrogens with one attached hydrogen (secondary N) is 1. The summed E-state index contributed by atoms with van der Waals surface area (Å²) < 4.78 is 5.59. The van der Waals surface area contributed by atoms with Crippen molar-refractivity contribution in [2.45, 2.75) is 64.6 Å². The summed E-state index contributed by atoms with van der Waals surface area (Å²) in [6.07, 6.45) is 2.85. The number of benzene rings is 1. The maximum atomic E-state index is 12.5. The van der Waals surface area contributed by atoms with Crippen molar-refractivity contribution in [3.63, 3.8) is 0 Å². The molecule has 0 aliphatic carbocycles. The van der Waals surface area contributed by atoms with Crippen LogP contribution in [0.3, 0.4) is 0 Å². The summed E-state index contributed by atoms with van der Waals surface area (Å²) in [5, 5.41) is 3.61. The average molecular weight is 403 g/mol.